The Morgan fingerprint density at radius 3 is 2.54 bits per heavy atom. The average molecular weight is 566 g/mol. The number of hydrogen-bond donors (Lipinski definition) is 1. The number of benzene rings is 3. The number of barbiturate groups is 1. The van der Waals surface area contributed by atoms with Gasteiger partial charge >= 0.3 is 6.03 Å². The Bertz CT molecular complexity index is 1470. The van der Waals surface area contributed by atoms with Crippen molar-refractivity contribution >= 4 is 51.2 Å². The number of rotatable bonds is 7. The van der Waals surface area contributed by atoms with Crippen molar-refractivity contribution in [3.8, 4) is 11.5 Å². The number of carbonyl (C=O) groups excluding carboxylic acids is 3. The summed E-state index contributed by atoms with van der Waals surface area (Å²) in [6.07, 6.45) is 1.35. The molecule has 1 heterocycles. The number of methoxy groups -OCH3 is 1. The third-order valence-electron chi connectivity index (χ3n) is 5.43. The summed E-state index contributed by atoms with van der Waals surface area (Å²) in [5.74, 6) is -0.963. The number of hydrogen-bond acceptors (Lipinski definition) is 7. The number of urea groups is 1. The van der Waals surface area contributed by atoms with Gasteiger partial charge in [-0.3, -0.25) is 25.0 Å². The molecule has 188 valence electrons. The van der Waals surface area contributed by atoms with Crippen molar-refractivity contribution in [2.75, 3.05) is 12.0 Å². The smallest absolute Gasteiger partial charge is 0.335 e. The largest absolute Gasteiger partial charge is 0.493 e. The molecule has 0 aliphatic carbocycles. The molecule has 0 radical (unpaired) electrons. The number of imide groups is 2. The molecule has 3 aromatic carbocycles. The molecule has 1 aliphatic rings. The van der Waals surface area contributed by atoms with Crippen molar-refractivity contribution in [1.82, 2.24) is 5.32 Å². The van der Waals surface area contributed by atoms with E-state index >= 15 is 0 Å². The van der Waals surface area contributed by atoms with Crippen LogP contribution in [0.25, 0.3) is 6.08 Å². The van der Waals surface area contributed by atoms with Crippen molar-refractivity contribution in [2.45, 2.75) is 13.5 Å². The number of nitrogens with one attached hydrogen (secondary N) is 1. The van der Waals surface area contributed by atoms with E-state index in [4.69, 9.17) is 9.47 Å². The van der Waals surface area contributed by atoms with Crippen LogP contribution in [0.3, 0.4) is 0 Å². The van der Waals surface area contributed by atoms with Crippen molar-refractivity contribution in [1.29, 1.82) is 0 Å². The number of carbonyl (C=O) groups is 3. The van der Waals surface area contributed by atoms with Crippen molar-refractivity contribution < 1.29 is 28.8 Å². The molecule has 4 amide bonds. The molecule has 0 saturated carbocycles. The predicted octanol–water partition coefficient (Wildman–Crippen LogP) is 4.92. The standard InChI is InChI=1S/C26H20BrN3O7/c1-15-5-3-7-18(9-15)29-25(32)20(24(31)28-26(29)33)11-17-12-21(27)23(22(13-17)36-2)37-14-16-6-4-8-19(10-16)30(34)35/h3-13H,14H2,1-2H3,(H,28,31,33)/b20-11+. The highest BCUT2D eigenvalue weighted by Crippen LogP contribution is 2.38. The lowest BCUT2D eigenvalue weighted by Crippen LogP contribution is -2.54. The lowest BCUT2D eigenvalue weighted by atomic mass is 10.1. The minimum absolute atomic E-state index is 0.0333. The van der Waals surface area contributed by atoms with Gasteiger partial charge in [-0.25, -0.2) is 9.69 Å². The normalized spacial score (nSPS) is 14.5. The molecule has 0 unspecified atom stereocenters. The van der Waals surface area contributed by atoms with E-state index in [-0.39, 0.29) is 17.9 Å². The van der Waals surface area contributed by atoms with Gasteiger partial charge in [0, 0.05) is 12.1 Å². The average Bonchev–Trinajstić information content (AvgIpc) is 2.85. The molecule has 0 spiro atoms. The first-order valence-electron chi connectivity index (χ1n) is 10.9. The molecule has 0 atom stereocenters. The van der Waals surface area contributed by atoms with Crippen LogP contribution < -0.4 is 19.7 Å². The zero-order chi connectivity index (χ0) is 26.7. The fourth-order valence-corrected chi connectivity index (χ4v) is 4.28. The van der Waals surface area contributed by atoms with E-state index in [1.165, 1.54) is 25.3 Å². The molecule has 11 heteroatoms. The maximum Gasteiger partial charge on any atom is 0.335 e. The number of anilines is 1. The van der Waals surface area contributed by atoms with Gasteiger partial charge in [-0.05, 0) is 69.9 Å². The summed E-state index contributed by atoms with van der Waals surface area (Å²) < 4.78 is 11.7. The van der Waals surface area contributed by atoms with Crippen LogP contribution >= 0.6 is 15.9 Å². The third kappa shape index (κ3) is 5.51. The number of nitro groups is 1. The molecule has 1 saturated heterocycles. The predicted molar refractivity (Wildman–Crippen MR) is 138 cm³/mol. The van der Waals surface area contributed by atoms with Crippen molar-refractivity contribution in [3.63, 3.8) is 0 Å². The third-order valence-corrected chi connectivity index (χ3v) is 6.02. The Hall–Kier alpha value is -4.51. The van der Waals surface area contributed by atoms with E-state index in [2.05, 4.69) is 21.2 Å². The van der Waals surface area contributed by atoms with Gasteiger partial charge in [-0.2, -0.15) is 0 Å². The fraction of sp³-hybridized carbons (Fsp3) is 0.115. The SMILES string of the molecule is COc1cc(/C=C2\C(=O)NC(=O)N(c3cccc(C)c3)C2=O)cc(Br)c1OCc1cccc([N+](=O)[O-])c1. The molecule has 1 N–H and O–H groups in total. The number of amides is 4. The van der Waals surface area contributed by atoms with Crippen LogP contribution in [0.2, 0.25) is 0 Å². The molecule has 10 nitrogen and oxygen atoms in total. The molecule has 1 aliphatic heterocycles. The number of aryl methyl sites for hydroxylation is 1. The monoisotopic (exact) mass is 565 g/mol. The molecule has 37 heavy (non-hydrogen) atoms. The second-order valence-electron chi connectivity index (χ2n) is 8.05. The van der Waals surface area contributed by atoms with Gasteiger partial charge in [-0.15, -0.1) is 0 Å². The van der Waals surface area contributed by atoms with Gasteiger partial charge in [0.25, 0.3) is 17.5 Å². The maximum absolute atomic E-state index is 13.2. The first-order valence-corrected chi connectivity index (χ1v) is 11.7. The molecule has 3 aromatic rings. The Morgan fingerprint density at radius 2 is 1.84 bits per heavy atom. The number of nitro benzene ring substituents is 1. The van der Waals surface area contributed by atoms with Crippen molar-refractivity contribution in [2.24, 2.45) is 0 Å². The number of nitrogens with zero attached hydrogens (tertiary/aromatic N) is 2. The van der Waals surface area contributed by atoms with E-state index in [9.17, 15) is 24.5 Å². The van der Waals surface area contributed by atoms with Crippen LogP contribution in [0.15, 0.2) is 70.7 Å². The van der Waals surface area contributed by atoms with Crippen LogP contribution in [0.4, 0.5) is 16.2 Å². The molecule has 1 fully saturated rings. The Balaban J connectivity index is 1.63. The highest BCUT2D eigenvalue weighted by Gasteiger charge is 2.37. The maximum atomic E-state index is 13.2. The summed E-state index contributed by atoms with van der Waals surface area (Å²) in [5.41, 5.74) is 1.91. The van der Waals surface area contributed by atoms with E-state index in [0.29, 0.717) is 32.8 Å². The van der Waals surface area contributed by atoms with Gasteiger partial charge in [-0.1, -0.05) is 24.3 Å². The second kappa shape index (κ2) is 10.6. The lowest BCUT2D eigenvalue weighted by molar-refractivity contribution is -0.384. The van der Waals surface area contributed by atoms with Crippen LogP contribution in [0, 0.1) is 17.0 Å². The summed E-state index contributed by atoms with van der Waals surface area (Å²) >= 11 is 3.42. The molecule has 4 rings (SSSR count). The highest BCUT2D eigenvalue weighted by atomic mass is 79.9. The van der Waals surface area contributed by atoms with Gasteiger partial charge in [0.2, 0.25) is 0 Å². The summed E-state index contributed by atoms with van der Waals surface area (Å²) in [6, 6.07) is 15.2. The van der Waals surface area contributed by atoms with E-state index in [0.717, 1.165) is 10.5 Å². The van der Waals surface area contributed by atoms with Crippen LogP contribution in [0.5, 0.6) is 11.5 Å². The van der Waals surface area contributed by atoms with Gasteiger partial charge in [0.1, 0.15) is 12.2 Å². The van der Waals surface area contributed by atoms with E-state index < -0.39 is 22.8 Å². The number of non-ortho nitro benzene ring substituents is 1. The zero-order valence-corrected chi connectivity index (χ0v) is 21.3. The fourth-order valence-electron chi connectivity index (χ4n) is 3.70. The minimum Gasteiger partial charge on any atom is -0.493 e. The molecule has 0 aromatic heterocycles. The molecule has 0 bridgehead atoms. The number of halogens is 1. The zero-order valence-electron chi connectivity index (χ0n) is 19.7. The summed E-state index contributed by atoms with van der Waals surface area (Å²) in [4.78, 5) is 49.6. The van der Waals surface area contributed by atoms with Crippen LogP contribution in [0.1, 0.15) is 16.7 Å². The van der Waals surface area contributed by atoms with Crippen molar-refractivity contribution in [3.05, 3.63) is 97.5 Å². The van der Waals surface area contributed by atoms with Gasteiger partial charge < -0.3 is 9.47 Å². The Labute approximate surface area is 219 Å². The molecular weight excluding hydrogens is 546 g/mol. The first-order chi connectivity index (χ1) is 17.7. The van der Waals surface area contributed by atoms with Crippen LogP contribution in [-0.4, -0.2) is 29.9 Å². The Kier molecular flexibility index (Phi) is 7.35. The number of ether oxygens (including phenoxy) is 2. The minimum atomic E-state index is -0.832. The van der Waals surface area contributed by atoms with E-state index in [1.54, 1.807) is 42.5 Å². The Morgan fingerprint density at radius 1 is 1.08 bits per heavy atom. The quantitative estimate of drug-likeness (QED) is 0.186. The summed E-state index contributed by atoms with van der Waals surface area (Å²) in [6.45, 7) is 1.86. The van der Waals surface area contributed by atoms with Crippen LogP contribution in [-0.2, 0) is 16.2 Å². The second-order valence-corrected chi connectivity index (χ2v) is 8.90. The molecular formula is C26H20BrN3O7. The summed E-state index contributed by atoms with van der Waals surface area (Å²) in [5, 5.41) is 13.2. The lowest BCUT2D eigenvalue weighted by Gasteiger charge is -2.26. The highest BCUT2D eigenvalue weighted by molar-refractivity contribution is 9.10. The van der Waals surface area contributed by atoms with Gasteiger partial charge in [0.05, 0.1) is 22.2 Å². The van der Waals surface area contributed by atoms with Gasteiger partial charge in [0.15, 0.2) is 11.5 Å². The van der Waals surface area contributed by atoms with E-state index in [1.807, 2.05) is 13.0 Å². The summed E-state index contributed by atoms with van der Waals surface area (Å²) in [7, 11) is 1.43. The first kappa shape index (κ1) is 25.6. The topological polar surface area (TPSA) is 128 Å².